The zero-order valence-corrected chi connectivity index (χ0v) is 20.7. The Kier molecular flexibility index (Phi) is 15.6. The van der Waals surface area contributed by atoms with Crippen molar-refractivity contribution in [2.24, 2.45) is 5.92 Å². The van der Waals surface area contributed by atoms with Crippen molar-refractivity contribution in [1.82, 2.24) is 0 Å². The third kappa shape index (κ3) is 13.5. The van der Waals surface area contributed by atoms with E-state index in [4.69, 9.17) is 9.84 Å². The second-order valence-electron chi connectivity index (χ2n) is 9.45. The molecule has 32 heavy (non-hydrogen) atoms. The number of carbonyl (C=O) groups excluding carboxylic acids is 1. The first-order valence-electron chi connectivity index (χ1n) is 13.0. The summed E-state index contributed by atoms with van der Waals surface area (Å²) in [7, 11) is 0. The highest BCUT2D eigenvalue weighted by Gasteiger charge is 2.13. The van der Waals surface area contributed by atoms with Crippen LogP contribution in [-0.2, 0) is 9.59 Å². The van der Waals surface area contributed by atoms with E-state index >= 15 is 0 Å². The second-order valence-corrected chi connectivity index (χ2v) is 9.45. The fourth-order valence-corrected chi connectivity index (χ4v) is 4.06. The van der Waals surface area contributed by atoms with Gasteiger partial charge in [-0.3, -0.25) is 9.59 Å². The summed E-state index contributed by atoms with van der Waals surface area (Å²) in [4.78, 5) is 22.5. The van der Waals surface area contributed by atoms with Crippen molar-refractivity contribution in [3.05, 3.63) is 29.8 Å². The zero-order chi connectivity index (χ0) is 23.6. The van der Waals surface area contributed by atoms with Crippen LogP contribution in [0.15, 0.2) is 24.3 Å². The van der Waals surface area contributed by atoms with Gasteiger partial charge in [0.15, 0.2) is 0 Å². The summed E-state index contributed by atoms with van der Waals surface area (Å²) in [6, 6.07) is 8.11. The van der Waals surface area contributed by atoms with Crippen molar-refractivity contribution in [2.45, 2.75) is 123 Å². The predicted octanol–water partition coefficient (Wildman–Crippen LogP) is 8.29. The second kappa shape index (κ2) is 17.7. The summed E-state index contributed by atoms with van der Waals surface area (Å²) in [5.74, 6) is 0.151. The smallest absolute Gasteiger partial charge is 0.313 e. The fourth-order valence-electron chi connectivity index (χ4n) is 4.06. The molecule has 0 saturated carbocycles. The summed E-state index contributed by atoms with van der Waals surface area (Å²) in [5.41, 5.74) is 1.34. The van der Waals surface area contributed by atoms with Gasteiger partial charge in [-0.2, -0.15) is 0 Å². The van der Waals surface area contributed by atoms with Crippen LogP contribution in [0.1, 0.15) is 129 Å². The highest BCUT2D eigenvalue weighted by molar-refractivity contribution is 5.74. The molecule has 182 valence electrons. The molecule has 0 saturated heterocycles. The van der Waals surface area contributed by atoms with E-state index in [0.29, 0.717) is 11.7 Å². The quantitative estimate of drug-likeness (QED) is 0.132. The van der Waals surface area contributed by atoms with Crippen LogP contribution in [0, 0.1) is 5.92 Å². The SMILES string of the molecule is CCCCCCCCCC(CCCCCCCC(=O)O)c1ccc(OC(=O)C(C)C)cc1. The van der Waals surface area contributed by atoms with Crippen LogP contribution in [0.3, 0.4) is 0 Å². The van der Waals surface area contributed by atoms with Gasteiger partial charge < -0.3 is 9.84 Å². The van der Waals surface area contributed by atoms with E-state index in [0.717, 1.165) is 25.7 Å². The summed E-state index contributed by atoms with van der Waals surface area (Å²) < 4.78 is 5.43. The maximum atomic E-state index is 11.8. The van der Waals surface area contributed by atoms with Crippen molar-refractivity contribution in [3.8, 4) is 5.75 Å². The Bertz CT molecular complexity index is 621. The standard InChI is InChI=1S/C28H46O4/c1-4-5-6-7-8-10-13-16-24(17-14-11-9-12-15-18-27(29)30)25-19-21-26(22-20-25)32-28(31)23(2)3/h19-24H,4-18H2,1-3H3,(H,29,30). The van der Waals surface area contributed by atoms with Gasteiger partial charge in [-0.1, -0.05) is 104 Å². The van der Waals surface area contributed by atoms with Gasteiger partial charge in [0, 0.05) is 6.42 Å². The maximum absolute atomic E-state index is 11.8. The molecule has 0 heterocycles. The van der Waals surface area contributed by atoms with Crippen molar-refractivity contribution in [2.75, 3.05) is 0 Å². The molecule has 1 N–H and O–H groups in total. The average molecular weight is 447 g/mol. The molecule has 1 rings (SSSR count). The number of hydrogen-bond acceptors (Lipinski definition) is 3. The molecule has 4 heteroatoms. The van der Waals surface area contributed by atoms with Crippen LogP contribution in [0.25, 0.3) is 0 Å². The topological polar surface area (TPSA) is 63.6 Å². The lowest BCUT2D eigenvalue weighted by Gasteiger charge is -2.18. The van der Waals surface area contributed by atoms with Crippen molar-refractivity contribution in [1.29, 1.82) is 0 Å². The van der Waals surface area contributed by atoms with E-state index in [2.05, 4.69) is 19.1 Å². The predicted molar refractivity (Wildman–Crippen MR) is 132 cm³/mol. The van der Waals surface area contributed by atoms with Gasteiger partial charge in [0.25, 0.3) is 0 Å². The Hall–Kier alpha value is -1.84. The summed E-state index contributed by atoms with van der Waals surface area (Å²) in [6.45, 7) is 5.94. The first kappa shape index (κ1) is 28.2. The molecule has 0 aliphatic heterocycles. The van der Waals surface area contributed by atoms with Crippen LogP contribution in [0.5, 0.6) is 5.75 Å². The van der Waals surface area contributed by atoms with E-state index in [1.807, 2.05) is 26.0 Å². The van der Waals surface area contributed by atoms with Gasteiger partial charge in [0.1, 0.15) is 5.75 Å². The number of rotatable bonds is 19. The number of unbranched alkanes of at least 4 members (excludes halogenated alkanes) is 10. The highest BCUT2D eigenvalue weighted by Crippen LogP contribution is 2.30. The maximum Gasteiger partial charge on any atom is 0.313 e. The third-order valence-electron chi connectivity index (χ3n) is 6.14. The highest BCUT2D eigenvalue weighted by atomic mass is 16.5. The summed E-state index contributed by atoms with van der Waals surface area (Å²) >= 11 is 0. The van der Waals surface area contributed by atoms with Crippen LogP contribution >= 0.6 is 0 Å². The van der Waals surface area contributed by atoms with E-state index < -0.39 is 5.97 Å². The van der Waals surface area contributed by atoms with Crippen LogP contribution in [0.4, 0.5) is 0 Å². The third-order valence-corrected chi connectivity index (χ3v) is 6.14. The molecule has 0 spiro atoms. The number of hydrogen-bond donors (Lipinski definition) is 1. The fraction of sp³-hybridized carbons (Fsp3) is 0.714. The molecule has 1 unspecified atom stereocenters. The van der Waals surface area contributed by atoms with E-state index in [1.165, 1.54) is 69.8 Å². The van der Waals surface area contributed by atoms with Gasteiger partial charge >= 0.3 is 11.9 Å². The Balaban J connectivity index is 2.51. The number of aliphatic carboxylic acids is 1. The molecule has 0 aliphatic rings. The molecule has 1 aromatic rings. The molecular formula is C28H46O4. The first-order chi connectivity index (χ1) is 15.4. The molecule has 4 nitrogen and oxygen atoms in total. The molecule has 0 amide bonds. The first-order valence-corrected chi connectivity index (χ1v) is 13.0. The number of ether oxygens (including phenoxy) is 1. The number of benzene rings is 1. The Labute approximate surface area is 196 Å². The van der Waals surface area contributed by atoms with Gasteiger partial charge in [-0.15, -0.1) is 0 Å². The zero-order valence-electron chi connectivity index (χ0n) is 20.7. The lowest BCUT2D eigenvalue weighted by atomic mass is 9.88. The number of carboxylic acid groups (broad SMARTS) is 1. The average Bonchev–Trinajstić information content (AvgIpc) is 2.76. The minimum Gasteiger partial charge on any atom is -0.481 e. The van der Waals surface area contributed by atoms with Crippen LogP contribution in [0.2, 0.25) is 0 Å². The van der Waals surface area contributed by atoms with Gasteiger partial charge in [0.05, 0.1) is 5.92 Å². The van der Waals surface area contributed by atoms with Gasteiger partial charge in [-0.05, 0) is 42.9 Å². The molecule has 1 atom stereocenters. The minimum absolute atomic E-state index is 0.129. The van der Waals surface area contributed by atoms with Crippen molar-refractivity contribution >= 4 is 11.9 Å². The normalized spacial score (nSPS) is 12.1. The lowest BCUT2D eigenvalue weighted by Crippen LogP contribution is -2.14. The van der Waals surface area contributed by atoms with E-state index in [1.54, 1.807) is 0 Å². The van der Waals surface area contributed by atoms with Gasteiger partial charge in [-0.25, -0.2) is 0 Å². The molecule has 1 aromatic carbocycles. The van der Waals surface area contributed by atoms with E-state index in [-0.39, 0.29) is 18.3 Å². The molecule has 0 radical (unpaired) electrons. The van der Waals surface area contributed by atoms with Gasteiger partial charge in [0.2, 0.25) is 0 Å². The van der Waals surface area contributed by atoms with Crippen LogP contribution in [-0.4, -0.2) is 17.0 Å². The molecule has 0 fully saturated rings. The number of carbonyl (C=O) groups is 2. The van der Waals surface area contributed by atoms with Crippen molar-refractivity contribution in [3.63, 3.8) is 0 Å². The molecule has 0 aliphatic carbocycles. The monoisotopic (exact) mass is 446 g/mol. The molecular weight excluding hydrogens is 400 g/mol. The molecule has 0 aromatic heterocycles. The summed E-state index contributed by atoms with van der Waals surface area (Å²) in [6.07, 6.45) is 17.2. The Morgan fingerprint density at radius 1 is 0.781 bits per heavy atom. The lowest BCUT2D eigenvalue weighted by molar-refractivity contribution is -0.138. The molecule has 0 bridgehead atoms. The largest absolute Gasteiger partial charge is 0.481 e. The summed E-state index contributed by atoms with van der Waals surface area (Å²) in [5, 5.41) is 8.75. The van der Waals surface area contributed by atoms with Crippen LogP contribution < -0.4 is 4.74 Å². The Morgan fingerprint density at radius 2 is 1.28 bits per heavy atom. The van der Waals surface area contributed by atoms with E-state index in [9.17, 15) is 9.59 Å². The van der Waals surface area contributed by atoms with Crippen molar-refractivity contribution < 1.29 is 19.4 Å². The number of esters is 1. The minimum atomic E-state index is -0.692. The Morgan fingerprint density at radius 3 is 1.78 bits per heavy atom. The number of carboxylic acids is 1.